The molecule has 0 aromatic carbocycles. The molecule has 4 heteroatoms. The zero-order chi connectivity index (χ0) is 11.5. The van der Waals surface area contributed by atoms with Gasteiger partial charge in [0, 0.05) is 19.2 Å². The fourth-order valence-corrected chi connectivity index (χ4v) is 1.11. The van der Waals surface area contributed by atoms with E-state index in [0.29, 0.717) is 19.7 Å². The Hall–Kier alpha value is -0.870. The molecule has 0 saturated heterocycles. The third kappa shape index (κ3) is 9.43. The van der Waals surface area contributed by atoms with Gasteiger partial charge in [-0.1, -0.05) is 19.4 Å². The van der Waals surface area contributed by atoms with Gasteiger partial charge in [-0.2, -0.15) is 0 Å². The summed E-state index contributed by atoms with van der Waals surface area (Å²) in [5.74, 6) is -0.326. The zero-order valence-electron chi connectivity index (χ0n) is 9.53. The molecule has 0 aliphatic carbocycles. The molecule has 4 nitrogen and oxygen atoms in total. The summed E-state index contributed by atoms with van der Waals surface area (Å²) in [5, 5.41) is 12.4. The van der Waals surface area contributed by atoms with E-state index < -0.39 is 0 Å². The van der Waals surface area contributed by atoms with Crippen molar-refractivity contribution < 1.29 is 14.6 Å². The number of aliphatic hydroxyl groups excluding tert-OH is 1. The molecule has 0 fully saturated rings. The van der Waals surface area contributed by atoms with Gasteiger partial charge in [-0.15, -0.1) is 0 Å². The summed E-state index contributed by atoms with van der Waals surface area (Å²) in [6, 6.07) is 0. The lowest BCUT2D eigenvalue weighted by Crippen LogP contribution is -2.26. The molecular weight excluding hydrogens is 194 g/mol. The van der Waals surface area contributed by atoms with Crippen LogP contribution in [0.4, 0.5) is 0 Å². The molecule has 88 valence electrons. The summed E-state index contributed by atoms with van der Waals surface area (Å²) in [4.78, 5) is 10.9. The average Bonchev–Trinajstić information content (AvgIpc) is 2.18. The molecule has 1 atom stereocenters. The first-order valence-corrected chi connectivity index (χ1v) is 5.42. The van der Waals surface area contributed by atoms with Crippen LogP contribution in [0, 0.1) is 0 Å². The quantitative estimate of drug-likeness (QED) is 0.358. The molecular formula is C11H21NO3. The van der Waals surface area contributed by atoms with Gasteiger partial charge in [0.05, 0.1) is 12.7 Å². The zero-order valence-corrected chi connectivity index (χ0v) is 9.53. The van der Waals surface area contributed by atoms with Gasteiger partial charge < -0.3 is 15.2 Å². The third-order valence-corrected chi connectivity index (χ3v) is 1.80. The van der Waals surface area contributed by atoms with Gasteiger partial charge in [0.15, 0.2) is 0 Å². The van der Waals surface area contributed by atoms with Crippen molar-refractivity contribution in [2.75, 3.05) is 19.7 Å². The SMILES string of the molecule is CCCC(O)CNC/C=C/C(=O)OCC. The molecule has 0 rings (SSSR count). The Morgan fingerprint density at radius 2 is 2.27 bits per heavy atom. The van der Waals surface area contributed by atoms with Crippen molar-refractivity contribution in [1.29, 1.82) is 0 Å². The summed E-state index contributed by atoms with van der Waals surface area (Å²) >= 11 is 0. The van der Waals surface area contributed by atoms with Crippen molar-refractivity contribution in [2.45, 2.75) is 32.8 Å². The van der Waals surface area contributed by atoms with Gasteiger partial charge in [0.2, 0.25) is 0 Å². The molecule has 0 aliphatic heterocycles. The molecule has 0 heterocycles. The molecule has 0 aliphatic rings. The van der Waals surface area contributed by atoms with Gasteiger partial charge in [-0.05, 0) is 13.3 Å². The summed E-state index contributed by atoms with van der Waals surface area (Å²) in [7, 11) is 0. The Morgan fingerprint density at radius 3 is 2.87 bits per heavy atom. The third-order valence-electron chi connectivity index (χ3n) is 1.80. The molecule has 0 spiro atoms. The fourth-order valence-electron chi connectivity index (χ4n) is 1.11. The summed E-state index contributed by atoms with van der Waals surface area (Å²) < 4.78 is 4.71. The predicted molar refractivity (Wildman–Crippen MR) is 59.6 cm³/mol. The van der Waals surface area contributed by atoms with Crippen LogP contribution in [0.5, 0.6) is 0 Å². The first-order valence-electron chi connectivity index (χ1n) is 5.42. The molecule has 0 radical (unpaired) electrons. The molecule has 2 N–H and O–H groups in total. The topological polar surface area (TPSA) is 58.6 Å². The van der Waals surface area contributed by atoms with Crippen molar-refractivity contribution in [2.24, 2.45) is 0 Å². The van der Waals surface area contributed by atoms with Gasteiger partial charge in [-0.25, -0.2) is 4.79 Å². The van der Waals surface area contributed by atoms with Crippen LogP contribution >= 0.6 is 0 Å². The highest BCUT2D eigenvalue weighted by molar-refractivity contribution is 5.81. The minimum absolute atomic E-state index is 0.300. The maximum atomic E-state index is 10.9. The first kappa shape index (κ1) is 14.1. The van der Waals surface area contributed by atoms with Crippen LogP contribution in [0.15, 0.2) is 12.2 Å². The van der Waals surface area contributed by atoms with Crippen molar-refractivity contribution >= 4 is 5.97 Å². The second-order valence-corrected chi connectivity index (χ2v) is 3.26. The number of nitrogens with one attached hydrogen (secondary N) is 1. The molecule has 0 amide bonds. The Labute approximate surface area is 91.3 Å². The van der Waals surface area contributed by atoms with E-state index in [0.717, 1.165) is 12.8 Å². The minimum Gasteiger partial charge on any atom is -0.463 e. The maximum Gasteiger partial charge on any atom is 0.330 e. The Balaban J connectivity index is 3.41. The van der Waals surface area contributed by atoms with Crippen LogP contribution in [-0.4, -0.2) is 36.9 Å². The first-order chi connectivity index (χ1) is 7.20. The van der Waals surface area contributed by atoms with Gasteiger partial charge in [0.25, 0.3) is 0 Å². The predicted octanol–water partition coefficient (Wildman–Crippen LogP) is 0.856. The second kappa shape index (κ2) is 9.68. The molecule has 0 aromatic heterocycles. The van der Waals surface area contributed by atoms with Crippen molar-refractivity contribution in [1.82, 2.24) is 5.32 Å². The van der Waals surface area contributed by atoms with E-state index >= 15 is 0 Å². The number of hydrogen-bond acceptors (Lipinski definition) is 4. The monoisotopic (exact) mass is 215 g/mol. The van der Waals surface area contributed by atoms with Crippen LogP contribution in [0.25, 0.3) is 0 Å². The van der Waals surface area contributed by atoms with Crippen LogP contribution in [0.2, 0.25) is 0 Å². The van der Waals surface area contributed by atoms with E-state index in [4.69, 9.17) is 4.74 Å². The van der Waals surface area contributed by atoms with E-state index in [2.05, 4.69) is 5.32 Å². The minimum atomic E-state index is -0.326. The fraction of sp³-hybridized carbons (Fsp3) is 0.727. The summed E-state index contributed by atoms with van der Waals surface area (Å²) in [5.41, 5.74) is 0. The van der Waals surface area contributed by atoms with Crippen LogP contribution in [-0.2, 0) is 9.53 Å². The van der Waals surface area contributed by atoms with E-state index in [1.54, 1.807) is 13.0 Å². The van der Waals surface area contributed by atoms with Gasteiger partial charge >= 0.3 is 5.97 Å². The molecule has 15 heavy (non-hydrogen) atoms. The van der Waals surface area contributed by atoms with E-state index in [-0.39, 0.29) is 12.1 Å². The molecule has 0 bridgehead atoms. The lowest BCUT2D eigenvalue weighted by Gasteiger charge is -2.08. The van der Waals surface area contributed by atoms with Crippen molar-refractivity contribution in [3.8, 4) is 0 Å². The smallest absolute Gasteiger partial charge is 0.330 e. The van der Waals surface area contributed by atoms with E-state index in [1.807, 2.05) is 6.92 Å². The maximum absolute atomic E-state index is 10.9. The second-order valence-electron chi connectivity index (χ2n) is 3.26. The van der Waals surface area contributed by atoms with E-state index in [1.165, 1.54) is 6.08 Å². The number of carbonyl (C=O) groups excluding carboxylic acids is 1. The molecule has 1 unspecified atom stereocenters. The standard InChI is InChI=1S/C11H21NO3/c1-3-6-10(13)9-12-8-5-7-11(14)15-4-2/h5,7,10,12-13H,3-4,6,8-9H2,1-2H3/b7-5+. The van der Waals surface area contributed by atoms with Crippen molar-refractivity contribution in [3.63, 3.8) is 0 Å². The number of rotatable bonds is 8. The molecule has 0 saturated carbocycles. The van der Waals surface area contributed by atoms with Crippen LogP contribution in [0.3, 0.4) is 0 Å². The number of hydrogen-bond donors (Lipinski definition) is 2. The number of aliphatic hydroxyl groups is 1. The Bertz CT molecular complexity index is 192. The van der Waals surface area contributed by atoms with Crippen LogP contribution < -0.4 is 5.32 Å². The normalized spacial score (nSPS) is 13.0. The van der Waals surface area contributed by atoms with Gasteiger partial charge in [0.1, 0.15) is 0 Å². The highest BCUT2D eigenvalue weighted by atomic mass is 16.5. The van der Waals surface area contributed by atoms with Crippen molar-refractivity contribution in [3.05, 3.63) is 12.2 Å². The lowest BCUT2D eigenvalue weighted by atomic mass is 10.2. The average molecular weight is 215 g/mol. The highest BCUT2D eigenvalue weighted by Gasteiger charge is 1.99. The number of ether oxygens (including phenoxy) is 1. The van der Waals surface area contributed by atoms with Gasteiger partial charge in [-0.3, -0.25) is 0 Å². The Kier molecular flexibility index (Phi) is 9.11. The lowest BCUT2D eigenvalue weighted by molar-refractivity contribution is -0.137. The number of esters is 1. The highest BCUT2D eigenvalue weighted by Crippen LogP contribution is 1.93. The van der Waals surface area contributed by atoms with Crippen LogP contribution in [0.1, 0.15) is 26.7 Å². The Morgan fingerprint density at radius 1 is 1.53 bits per heavy atom. The van der Waals surface area contributed by atoms with E-state index in [9.17, 15) is 9.90 Å². The largest absolute Gasteiger partial charge is 0.463 e. The number of carbonyl (C=O) groups is 1. The molecule has 0 aromatic rings. The summed E-state index contributed by atoms with van der Waals surface area (Å²) in [6.07, 6.45) is 4.56. The summed E-state index contributed by atoms with van der Waals surface area (Å²) in [6.45, 7) is 5.32.